The van der Waals surface area contributed by atoms with Crippen LogP contribution in [0.4, 0.5) is 0 Å². The Morgan fingerprint density at radius 2 is 2.13 bits per heavy atom. The Labute approximate surface area is 183 Å². The van der Waals surface area contributed by atoms with Gasteiger partial charge in [0.25, 0.3) is 0 Å². The molecule has 8 nitrogen and oxygen atoms in total. The monoisotopic (exact) mass is 424 g/mol. The number of hydrogen-bond donors (Lipinski definition) is 3. The fourth-order valence-electron chi connectivity index (χ4n) is 2.97. The van der Waals surface area contributed by atoms with Crippen LogP contribution in [-0.2, 0) is 13.0 Å². The number of ether oxygens (including phenoxy) is 1. The average molecular weight is 425 g/mol. The van der Waals surface area contributed by atoms with E-state index in [2.05, 4.69) is 69.8 Å². The summed E-state index contributed by atoms with van der Waals surface area (Å²) in [7, 11) is 1.76. The Hall–Kier alpha value is -3.29. The molecule has 0 unspecified atom stereocenters. The molecule has 3 aromatic rings. The molecule has 0 bridgehead atoms. The lowest BCUT2D eigenvalue weighted by Crippen LogP contribution is -2.38. The van der Waals surface area contributed by atoms with E-state index in [-0.39, 0.29) is 0 Å². The standard InChI is InChI=1S/C23H32N6O2/c1-16(2)10-13-31-20-14-17(3)7-8-18(20)15-26-23(24-4)25-11-9-21-27-22(29-28-21)19-6-5-12-30-19/h5-8,12,14,16H,9-11,13,15H2,1-4H3,(H2,24,25,26)(H,27,28,29). The fraction of sp³-hybridized carbons (Fsp3) is 0.435. The third-order valence-corrected chi connectivity index (χ3v) is 4.77. The Morgan fingerprint density at radius 3 is 2.87 bits per heavy atom. The maximum atomic E-state index is 6.04. The van der Waals surface area contributed by atoms with Gasteiger partial charge in [0.2, 0.25) is 5.82 Å². The highest BCUT2D eigenvalue weighted by Crippen LogP contribution is 2.21. The highest BCUT2D eigenvalue weighted by atomic mass is 16.5. The number of H-pyrrole nitrogens is 1. The van der Waals surface area contributed by atoms with Crippen molar-refractivity contribution in [3.8, 4) is 17.3 Å². The number of furan rings is 1. The van der Waals surface area contributed by atoms with Gasteiger partial charge in [-0.3, -0.25) is 10.1 Å². The highest BCUT2D eigenvalue weighted by Gasteiger charge is 2.09. The van der Waals surface area contributed by atoms with Gasteiger partial charge in [0, 0.05) is 32.1 Å². The van der Waals surface area contributed by atoms with E-state index in [1.807, 2.05) is 12.1 Å². The van der Waals surface area contributed by atoms with Crippen LogP contribution in [0.2, 0.25) is 0 Å². The van der Waals surface area contributed by atoms with E-state index in [9.17, 15) is 0 Å². The number of hydrogen-bond acceptors (Lipinski definition) is 5. The maximum absolute atomic E-state index is 6.04. The second-order valence-electron chi connectivity index (χ2n) is 7.83. The summed E-state index contributed by atoms with van der Waals surface area (Å²) in [5, 5.41) is 13.8. The first-order valence-electron chi connectivity index (χ1n) is 10.7. The number of nitrogens with zero attached hydrogens (tertiary/aromatic N) is 3. The lowest BCUT2D eigenvalue weighted by Gasteiger charge is -2.16. The molecule has 0 amide bonds. The molecule has 8 heteroatoms. The zero-order valence-corrected chi connectivity index (χ0v) is 18.7. The van der Waals surface area contributed by atoms with Crippen molar-refractivity contribution >= 4 is 5.96 Å². The molecule has 2 heterocycles. The Bertz CT molecular complexity index is 962. The molecule has 31 heavy (non-hydrogen) atoms. The molecule has 0 spiro atoms. The minimum atomic E-state index is 0.562. The molecule has 0 aliphatic rings. The van der Waals surface area contributed by atoms with Gasteiger partial charge in [-0.25, -0.2) is 4.98 Å². The van der Waals surface area contributed by atoms with Gasteiger partial charge >= 0.3 is 0 Å². The van der Waals surface area contributed by atoms with Crippen molar-refractivity contribution in [3.63, 3.8) is 0 Å². The predicted octanol–water partition coefficient (Wildman–Crippen LogP) is 3.71. The molecule has 166 valence electrons. The number of guanidine groups is 1. The van der Waals surface area contributed by atoms with Crippen molar-refractivity contribution in [2.45, 2.75) is 40.2 Å². The molecule has 0 radical (unpaired) electrons. The predicted molar refractivity (Wildman–Crippen MR) is 122 cm³/mol. The van der Waals surface area contributed by atoms with Crippen LogP contribution in [0.15, 0.2) is 46.0 Å². The largest absolute Gasteiger partial charge is 0.493 e. The van der Waals surface area contributed by atoms with Gasteiger partial charge in [-0.15, -0.1) is 0 Å². The third-order valence-electron chi connectivity index (χ3n) is 4.77. The number of aryl methyl sites for hydroxylation is 1. The first-order valence-corrected chi connectivity index (χ1v) is 10.7. The van der Waals surface area contributed by atoms with Gasteiger partial charge in [0.15, 0.2) is 11.7 Å². The van der Waals surface area contributed by atoms with Crippen molar-refractivity contribution in [1.29, 1.82) is 0 Å². The number of benzene rings is 1. The van der Waals surface area contributed by atoms with Crippen LogP contribution in [0.3, 0.4) is 0 Å². The van der Waals surface area contributed by atoms with E-state index >= 15 is 0 Å². The molecule has 0 saturated heterocycles. The van der Waals surface area contributed by atoms with Crippen molar-refractivity contribution in [2.24, 2.45) is 10.9 Å². The fourth-order valence-corrected chi connectivity index (χ4v) is 2.97. The summed E-state index contributed by atoms with van der Waals surface area (Å²) in [6, 6.07) is 9.95. The molecule has 3 N–H and O–H groups in total. The molecule has 1 aromatic carbocycles. The van der Waals surface area contributed by atoms with Crippen molar-refractivity contribution in [2.75, 3.05) is 20.2 Å². The number of nitrogens with one attached hydrogen (secondary N) is 3. The molecular formula is C23H32N6O2. The van der Waals surface area contributed by atoms with Gasteiger partial charge in [-0.05, 0) is 43.0 Å². The van der Waals surface area contributed by atoms with E-state index in [0.29, 0.717) is 37.0 Å². The first-order chi connectivity index (χ1) is 15.0. The van der Waals surface area contributed by atoms with Gasteiger partial charge in [0.05, 0.1) is 12.9 Å². The zero-order valence-electron chi connectivity index (χ0n) is 18.7. The molecule has 0 saturated carbocycles. The van der Waals surface area contributed by atoms with Crippen LogP contribution in [0, 0.1) is 12.8 Å². The second-order valence-corrected chi connectivity index (χ2v) is 7.83. The maximum Gasteiger partial charge on any atom is 0.216 e. The molecular weight excluding hydrogens is 392 g/mol. The number of aliphatic imine (C=N–C) groups is 1. The molecule has 0 fully saturated rings. The lowest BCUT2D eigenvalue weighted by molar-refractivity contribution is 0.286. The summed E-state index contributed by atoms with van der Waals surface area (Å²) in [6.07, 6.45) is 3.33. The summed E-state index contributed by atoms with van der Waals surface area (Å²) in [5.41, 5.74) is 2.29. The van der Waals surface area contributed by atoms with E-state index in [4.69, 9.17) is 9.15 Å². The zero-order chi connectivity index (χ0) is 22.1. The number of aromatic amines is 1. The van der Waals surface area contributed by atoms with E-state index in [1.54, 1.807) is 13.3 Å². The summed E-state index contributed by atoms with van der Waals surface area (Å²) >= 11 is 0. The normalized spacial score (nSPS) is 11.7. The smallest absolute Gasteiger partial charge is 0.216 e. The van der Waals surface area contributed by atoms with E-state index in [1.165, 1.54) is 5.56 Å². The van der Waals surface area contributed by atoms with Crippen LogP contribution in [0.1, 0.15) is 37.2 Å². The van der Waals surface area contributed by atoms with Gasteiger partial charge in [-0.1, -0.05) is 26.0 Å². The summed E-state index contributed by atoms with van der Waals surface area (Å²) in [6.45, 7) is 8.49. The van der Waals surface area contributed by atoms with Crippen LogP contribution in [0.5, 0.6) is 5.75 Å². The summed E-state index contributed by atoms with van der Waals surface area (Å²) in [5.74, 6) is 4.27. The van der Waals surface area contributed by atoms with Crippen LogP contribution >= 0.6 is 0 Å². The Balaban J connectivity index is 1.48. The lowest BCUT2D eigenvalue weighted by atomic mass is 10.1. The van der Waals surface area contributed by atoms with Crippen molar-refractivity contribution < 1.29 is 9.15 Å². The SMILES string of the molecule is CN=C(NCCc1nc(-c2ccco2)n[nH]1)NCc1ccc(C)cc1OCCC(C)C. The molecule has 0 atom stereocenters. The van der Waals surface area contributed by atoms with Gasteiger partial charge in [0.1, 0.15) is 11.6 Å². The Kier molecular flexibility index (Phi) is 8.09. The average Bonchev–Trinajstić information content (AvgIpc) is 3.43. The molecule has 2 aromatic heterocycles. The van der Waals surface area contributed by atoms with Crippen LogP contribution in [-0.4, -0.2) is 41.3 Å². The first kappa shape index (κ1) is 22.4. The Morgan fingerprint density at radius 1 is 1.26 bits per heavy atom. The minimum Gasteiger partial charge on any atom is -0.493 e. The number of aromatic nitrogens is 3. The van der Waals surface area contributed by atoms with E-state index < -0.39 is 0 Å². The van der Waals surface area contributed by atoms with Crippen LogP contribution in [0.25, 0.3) is 11.6 Å². The minimum absolute atomic E-state index is 0.562. The topological polar surface area (TPSA) is 100 Å². The quantitative estimate of drug-likeness (QED) is 0.339. The van der Waals surface area contributed by atoms with Gasteiger partial charge in [-0.2, -0.15) is 5.10 Å². The van der Waals surface area contributed by atoms with Crippen molar-refractivity contribution in [1.82, 2.24) is 25.8 Å². The second kappa shape index (κ2) is 11.2. The van der Waals surface area contributed by atoms with Gasteiger partial charge < -0.3 is 19.8 Å². The highest BCUT2D eigenvalue weighted by molar-refractivity contribution is 5.79. The van der Waals surface area contributed by atoms with E-state index in [0.717, 1.165) is 36.1 Å². The summed E-state index contributed by atoms with van der Waals surface area (Å²) in [4.78, 5) is 8.76. The molecule has 0 aliphatic heterocycles. The molecule has 3 rings (SSSR count). The van der Waals surface area contributed by atoms with Crippen molar-refractivity contribution in [3.05, 3.63) is 53.5 Å². The summed E-state index contributed by atoms with van der Waals surface area (Å²) < 4.78 is 11.4. The molecule has 0 aliphatic carbocycles. The van der Waals surface area contributed by atoms with Crippen LogP contribution < -0.4 is 15.4 Å². The number of rotatable bonds is 10. The third kappa shape index (κ3) is 6.87.